The zero-order valence-electron chi connectivity index (χ0n) is 23.2. The number of aryl methyl sites for hydroxylation is 1. The van der Waals surface area contributed by atoms with Gasteiger partial charge in [-0.3, -0.25) is 14.4 Å². The van der Waals surface area contributed by atoms with Gasteiger partial charge >= 0.3 is 0 Å². The van der Waals surface area contributed by atoms with E-state index in [1.807, 2.05) is 12.1 Å². The number of hydrogen-bond acceptors (Lipinski definition) is 6. The van der Waals surface area contributed by atoms with Crippen molar-refractivity contribution >= 4 is 40.3 Å². The van der Waals surface area contributed by atoms with Crippen LogP contribution in [0.2, 0.25) is 0 Å². The van der Waals surface area contributed by atoms with Crippen LogP contribution in [0.4, 0.5) is 11.4 Å². The Balaban J connectivity index is 1.42. The highest BCUT2D eigenvalue weighted by Gasteiger charge is 2.43. The number of hydrogen-bond donors (Lipinski definition) is 2. The standard InChI is InChI=1S/C32H34N4O4/c1-17(37)33-27-21-9-5-13-35-11-3-7-19(29(21)35)15-23(27)25-31(39)26(32(25)40)24-16-20-8-4-12-36-14-6-10-22(30(20)36)28(24)34-18(2)38/h15-16,39H,3-14H2,1-2H3,(H,33,37)/b26-24+,34-28?. The summed E-state index contributed by atoms with van der Waals surface area (Å²) in [7, 11) is 0. The molecule has 1 saturated heterocycles. The third-order valence-electron chi connectivity index (χ3n) is 9.06. The summed E-state index contributed by atoms with van der Waals surface area (Å²) in [4.78, 5) is 47.8. The van der Waals surface area contributed by atoms with Gasteiger partial charge in [0, 0.05) is 68.1 Å². The van der Waals surface area contributed by atoms with Crippen molar-refractivity contribution in [3.8, 4) is 0 Å². The number of rotatable bonds is 2. The third-order valence-corrected chi connectivity index (χ3v) is 9.06. The molecule has 6 aliphatic rings. The molecule has 4 heterocycles. The van der Waals surface area contributed by atoms with Crippen molar-refractivity contribution < 1.29 is 19.5 Å². The minimum absolute atomic E-state index is 0.0807. The van der Waals surface area contributed by atoms with Gasteiger partial charge in [0.2, 0.25) is 17.6 Å². The maximum atomic E-state index is 14.0. The molecule has 0 spiro atoms. The Hall–Kier alpha value is -3.94. The number of benzene rings is 1. The van der Waals surface area contributed by atoms with E-state index >= 15 is 0 Å². The van der Waals surface area contributed by atoms with Gasteiger partial charge in [-0.05, 0) is 80.2 Å². The largest absolute Gasteiger partial charge is 0.506 e. The average Bonchev–Trinajstić information content (AvgIpc) is 2.93. The number of aliphatic hydroxyl groups is 1. The lowest BCUT2D eigenvalue weighted by molar-refractivity contribution is -0.116. The van der Waals surface area contributed by atoms with Crippen LogP contribution in [-0.2, 0) is 27.2 Å². The molecule has 8 heteroatoms. The highest BCUT2D eigenvalue weighted by Crippen LogP contribution is 2.49. The van der Waals surface area contributed by atoms with Gasteiger partial charge in [0.25, 0.3) is 0 Å². The van der Waals surface area contributed by atoms with E-state index in [2.05, 4.69) is 20.1 Å². The van der Waals surface area contributed by atoms with E-state index in [4.69, 9.17) is 0 Å². The summed E-state index contributed by atoms with van der Waals surface area (Å²) < 4.78 is 0. The zero-order valence-corrected chi connectivity index (χ0v) is 23.2. The van der Waals surface area contributed by atoms with Crippen molar-refractivity contribution in [2.24, 2.45) is 4.99 Å². The summed E-state index contributed by atoms with van der Waals surface area (Å²) in [5.41, 5.74) is 9.47. The smallest absolute Gasteiger partial charge is 0.243 e. The molecular weight excluding hydrogens is 504 g/mol. The average molecular weight is 539 g/mol. The van der Waals surface area contributed by atoms with Crippen molar-refractivity contribution in [3.63, 3.8) is 0 Å². The quantitative estimate of drug-likeness (QED) is 0.535. The predicted octanol–water partition coefficient (Wildman–Crippen LogP) is 4.56. The Morgan fingerprint density at radius 2 is 1.62 bits per heavy atom. The minimum atomic E-state index is -0.326. The van der Waals surface area contributed by atoms with Crippen LogP contribution < -0.4 is 10.2 Å². The van der Waals surface area contributed by atoms with E-state index in [9.17, 15) is 19.5 Å². The van der Waals surface area contributed by atoms with Crippen molar-refractivity contribution in [1.29, 1.82) is 0 Å². The van der Waals surface area contributed by atoms with Crippen LogP contribution in [0, 0.1) is 0 Å². The van der Waals surface area contributed by atoms with E-state index in [0.29, 0.717) is 22.5 Å². The van der Waals surface area contributed by atoms with Gasteiger partial charge in [-0.1, -0.05) is 0 Å². The van der Waals surface area contributed by atoms with Gasteiger partial charge in [0.15, 0.2) is 0 Å². The maximum absolute atomic E-state index is 14.0. The molecule has 2 aliphatic carbocycles. The van der Waals surface area contributed by atoms with Crippen LogP contribution in [0.25, 0.3) is 5.57 Å². The van der Waals surface area contributed by atoms with Crippen LogP contribution in [0.1, 0.15) is 69.1 Å². The van der Waals surface area contributed by atoms with Crippen LogP contribution in [0.5, 0.6) is 0 Å². The predicted molar refractivity (Wildman–Crippen MR) is 154 cm³/mol. The summed E-state index contributed by atoms with van der Waals surface area (Å²) in [6, 6.07) is 2.00. The second-order valence-electron chi connectivity index (χ2n) is 11.7. The number of carbonyl (C=O) groups excluding carboxylic acids is 3. The molecule has 0 unspecified atom stereocenters. The van der Waals surface area contributed by atoms with Gasteiger partial charge in [0.05, 0.1) is 22.5 Å². The molecule has 1 fully saturated rings. The normalized spacial score (nSPS) is 24.5. The summed E-state index contributed by atoms with van der Waals surface area (Å²) in [5.74, 6) is -0.881. The first-order valence-corrected chi connectivity index (χ1v) is 14.6. The van der Waals surface area contributed by atoms with Gasteiger partial charge in [-0.15, -0.1) is 0 Å². The maximum Gasteiger partial charge on any atom is 0.243 e. The summed E-state index contributed by atoms with van der Waals surface area (Å²) in [5, 5.41) is 14.6. The van der Waals surface area contributed by atoms with E-state index in [1.165, 1.54) is 19.5 Å². The second-order valence-corrected chi connectivity index (χ2v) is 11.7. The number of amides is 2. The monoisotopic (exact) mass is 538 g/mol. The highest BCUT2D eigenvalue weighted by atomic mass is 16.3. The Morgan fingerprint density at radius 1 is 0.925 bits per heavy atom. The fraction of sp³-hybridized carbons (Fsp3) is 0.438. The number of Topliss-reactive ketones (excluding diaryl/α,β-unsaturated/α-hetero) is 1. The lowest BCUT2D eigenvalue weighted by atomic mass is 9.73. The van der Waals surface area contributed by atoms with E-state index < -0.39 is 0 Å². The number of ketones is 1. The summed E-state index contributed by atoms with van der Waals surface area (Å²) >= 11 is 0. The number of carbonyl (C=O) groups is 3. The first-order valence-electron chi connectivity index (χ1n) is 14.6. The van der Waals surface area contributed by atoms with Crippen molar-refractivity contribution in [2.45, 2.75) is 65.2 Å². The SMILES string of the molecule is CC(=O)N=C1C2=C3C(=C/C1=C1\C(=O)C(c4cc5c6c(c4NC(C)=O)CCCN6CCC5)=C1O)CCCN3CCC2. The van der Waals surface area contributed by atoms with Gasteiger partial charge in [-0.25, -0.2) is 4.99 Å². The number of nitrogens with one attached hydrogen (secondary N) is 1. The second kappa shape index (κ2) is 9.32. The molecule has 0 atom stereocenters. The van der Waals surface area contributed by atoms with E-state index in [-0.39, 0.29) is 34.5 Å². The Bertz CT molecular complexity index is 1570. The topological polar surface area (TPSA) is 102 Å². The minimum Gasteiger partial charge on any atom is -0.506 e. The molecule has 2 N–H and O–H groups in total. The van der Waals surface area contributed by atoms with Crippen molar-refractivity contribution in [2.75, 3.05) is 36.4 Å². The highest BCUT2D eigenvalue weighted by molar-refractivity contribution is 6.42. The molecule has 0 saturated carbocycles. The van der Waals surface area contributed by atoms with Gasteiger partial charge < -0.3 is 20.2 Å². The third kappa shape index (κ3) is 3.72. The zero-order chi connectivity index (χ0) is 27.7. The molecule has 0 radical (unpaired) electrons. The van der Waals surface area contributed by atoms with Crippen LogP contribution in [0.15, 0.2) is 50.9 Å². The molecule has 1 aromatic rings. The number of aliphatic imine (C=N–C) groups is 1. The summed E-state index contributed by atoms with van der Waals surface area (Å²) in [6.07, 6.45) is 9.36. The van der Waals surface area contributed by atoms with Crippen molar-refractivity contribution in [3.05, 3.63) is 62.6 Å². The fourth-order valence-electron chi connectivity index (χ4n) is 7.60. The molecule has 40 heavy (non-hydrogen) atoms. The molecule has 1 aromatic carbocycles. The number of piperidine rings is 1. The van der Waals surface area contributed by atoms with Crippen molar-refractivity contribution in [1.82, 2.24) is 4.90 Å². The molecule has 0 aromatic heterocycles. The molecule has 4 aliphatic heterocycles. The molecule has 2 amide bonds. The molecule has 8 nitrogen and oxygen atoms in total. The Labute approximate surface area is 233 Å². The van der Waals surface area contributed by atoms with Crippen LogP contribution in [0.3, 0.4) is 0 Å². The molecule has 0 bridgehead atoms. The van der Waals surface area contributed by atoms with Crippen LogP contribution >= 0.6 is 0 Å². The fourth-order valence-corrected chi connectivity index (χ4v) is 7.60. The molecule has 206 valence electrons. The Morgan fingerprint density at radius 3 is 2.35 bits per heavy atom. The first-order chi connectivity index (χ1) is 19.3. The van der Waals surface area contributed by atoms with E-state index in [1.54, 1.807) is 0 Å². The number of anilines is 2. The molecule has 7 rings (SSSR count). The number of aliphatic hydroxyl groups excluding tert-OH is 1. The lowest BCUT2D eigenvalue weighted by Gasteiger charge is -2.42. The Kier molecular flexibility index (Phi) is 5.84. The van der Waals surface area contributed by atoms with Crippen LogP contribution in [-0.4, -0.2) is 59.5 Å². The lowest BCUT2D eigenvalue weighted by Crippen LogP contribution is -2.38. The van der Waals surface area contributed by atoms with Gasteiger partial charge in [0.1, 0.15) is 5.76 Å². The van der Waals surface area contributed by atoms with E-state index in [0.717, 1.165) is 106 Å². The number of nitrogens with zero attached hydrogens (tertiary/aromatic N) is 3. The summed E-state index contributed by atoms with van der Waals surface area (Å²) in [6.45, 7) is 6.84. The number of allylic oxidation sites excluding steroid dienone is 6. The van der Waals surface area contributed by atoms with Gasteiger partial charge in [-0.2, -0.15) is 0 Å². The molecular formula is C32H34N4O4. The first kappa shape index (κ1) is 25.1.